The first kappa shape index (κ1) is 20.3. The molecule has 162 valence electrons. The molecule has 4 aromatic rings. The van der Waals surface area contributed by atoms with E-state index >= 15 is 0 Å². The third-order valence-electron chi connectivity index (χ3n) is 5.33. The van der Waals surface area contributed by atoms with Gasteiger partial charge in [0.05, 0.1) is 30.0 Å². The number of benzene rings is 1. The van der Waals surface area contributed by atoms with E-state index in [9.17, 15) is 13.2 Å². The van der Waals surface area contributed by atoms with E-state index in [2.05, 4.69) is 15.3 Å². The molecule has 1 atom stereocenters. The number of fused-ring (bicyclic) bond motifs is 3. The molecule has 0 spiro atoms. The second kappa shape index (κ2) is 7.81. The average Bonchev–Trinajstić information content (AvgIpc) is 3.39. The van der Waals surface area contributed by atoms with Gasteiger partial charge in [-0.15, -0.1) is 0 Å². The van der Waals surface area contributed by atoms with Gasteiger partial charge in [-0.05, 0) is 36.8 Å². The number of ether oxygens (including phenoxy) is 1. The van der Waals surface area contributed by atoms with Crippen LogP contribution in [0.3, 0.4) is 0 Å². The fourth-order valence-corrected chi connectivity index (χ4v) is 4.12. The topological polar surface area (TPSA) is 65.1 Å². The second-order valence-corrected chi connectivity index (χ2v) is 7.80. The summed E-state index contributed by atoms with van der Waals surface area (Å²) in [6.45, 7) is 2.48. The lowest BCUT2D eigenvalue weighted by Crippen LogP contribution is -2.38. The van der Waals surface area contributed by atoms with E-state index in [1.807, 2.05) is 0 Å². The molecule has 0 radical (unpaired) electrons. The standard InChI is InChI=1S/C21H18ClF3N4O2/c22-12-3-4-14-15(10-12)27-19(21(23,24)25)17-18(14)29(7-5-13-11-26-6-9-30-13)20(28-17)16-2-1-8-31-16/h1-4,8,10,13,26H,5-7,9,11H2. The molecule has 1 aromatic carbocycles. The van der Waals surface area contributed by atoms with Gasteiger partial charge in [-0.2, -0.15) is 13.2 Å². The van der Waals surface area contributed by atoms with Gasteiger partial charge in [0.2, 0.25) is 0 Å². The SMILES string of the molecule is FC(F)(F)c1nc2cc(Cl)ccc2c2c1nc(-c1ccco1)n2CCC1CNCCO1. The van der Waals surface area contributed by atoms with Crippen molar-refractivity contribution in [2.75, 3.05) is 19.7 Å². The predicted octanol–water partition coefficient (Wildman–Crippen LogP) is 4.90. The third-order valence-corrected chi connectivity index (χ3v) is 5.56. The maximum Gasteiger partial charge on any atom is 0.435 e. The van der Waals surface area contributed by atoms with Crippen LogP contribution in [0.4, 0.5) is 13.2 Å². The fourth-order valence-electron chi connectivity index (χ4n) is 3.95. The Balaban J connectivity index is 1.75. The van der Waals surface area contributed by atoms with Crippen molar-refractivity contribution >= 4 is 33.5 Å². The summed E-state index contributed by atoms with van der Waals surface area (Å²) in [6, 6.07) is 8.10. The Morgan fingerprint density at radius 3 is 2.81 bits per heavy atom. The van der Waals surface area contributed by atoms with Crippen molar-refractivity contribution in [1.29, 1.82) is 0 Å². The summed E-state index contributed by atoms with van der Waals surface area (Å²) >= 11 is 6.04. The summed E-state index contributed by atoms with van der Waals surface area (Å²) in [7, 11) is 0. The minimum Gasteiger partial charge on any atom is -0.461 e. The van der Waals surface area contributed by atoms with E-state index in [4.69, 9.17) is 20.8 Å². The van der Waals surface area contributed by atoms with Crippen LogP contribution in [0.5, 0.6) is 0 Å². The van der Waals surface area contributed by atoms with Crippen molar-refractivity contribution < 1.29 is 22.3 Å². The van der Waals surface area contributed by atoms with E-state index in [-0.39, 0.29) is 17.1 Å². The average molecular weight is 451 g/mol. The molecule has 31 heavy (non-hydrogen) atoms. The zero-order valence-corrected chi connectivity index (χ0v) is 17.0. The predicted molar refractivity (Wildman–Crippen MR) is 110 cm³/mol. The molecule has 3 aromatic heterocycles. The van der Waals surface area contributed by atoms with Crippen molar-refractivity contribution in [3.05, 3.63) is 47.3 Å². The van der Waals surface area contributed by atoms with E-state index in [0.29, 0.717) is 53.6 Å². The van der Waals surface area contributed by atoms with Gasteiger partial charge in [0.25, 0.3) is 0 Å². The van der Waals surface area contributed by atoms with Crippen LogP contribution in [0.1, 0.15) is 12.1 Å². The Labute approximate surface area is 180 Å². The van der Waals surface area contributed by atoms with Gasteiger partial charge in [-0.1, -0.05) is 11.6 Å². The van der Waals surface area contributed by atoms with Crippen molar-refractivity contribution in [3.63, 3.8) is 0 Å². The molecule has 1 fully saturated rings. The Bertz CT molecular complexity index is 1230. The van der Waals surface area contributed by atoms with Gasteiger partial charge in [0.1, 0.15) is 5.52 Å². The van der Waals surface area contributed by atoms with Gasteiger partial charge in [-0.25, -0.2) is 9.97 Å². The molecule has 1 aliphatic rings. The lowest BCUT2D eigenvalue weighted by molar-refractivity contribution is -0.139. The van der Waals surface area contributed by atoms with Crippen LogP contribution in [-0.4, -0.2) is 40.3 Å². The molecule has 1 aliphatic heterocycles. The van der Waals surface area contributed by atoms with Crippen LogP contribution in [0.2, 0.25) is 5.02 Å². The molecule has 10 heteroatoms. The van der Waals surface area contributed by atoms with Crippen LogP contribution < -0.4 is 5.32 Å². The highest BCUT2D eigenvalue weighted by molar-refractivity contribution is 6.31. The number of halogens is 4. The number of rotatable bonds is 4. The first-order valence-electron chi connectivity index (χ1n) is 9.84. The van der Waals surface area contributed by atoms with Crippen LogP contribution in [0.15, 0.2) is 41.0 Å². The highest BCUT2D eigenvalue weighted by atomic mass is 35.5. The molecule has 1 saturated heterocycles. The number of aromatic nitrogens is 3. The van der Waals surface area contributed by atoms with Crippen LogP contribution in [-0.2, 0) is 17.5 Å². The Morgan fingerprint density at radius 1 is 1.23 bits per heavy atom. The number of imidazole rings is 1. The molecule has 4 heterocycles. The molecular formula is C21H18ClF3N4O2. The van der Waals surface area contributed by atoms with Crippen LogP contribution >= 0.6 is 11.6 Å². The molecule has 6 nitrogen and oxygen atoms in total. The van der Waals surface area contributed by atoms with Crippen molar-refractivity contribution in [2.45, 2.75) is 25.2 Å². The highest BCUT2D eigenvalue weighted by Gasteiger charge is 2.38. The summed E-state index contributed by atoms with van der Waals surface area (Å²) in [4.78, 5) is 8.23. The molecule has 0 aliphatic carbocycles. The monoisotopic (exact) mass is 450 g/mol. The van der Waals surface area contributed by atoms with Crippen molar-refractivity contribution in [2.24, 2.45) is 0 Å². The lowest BCUT2D eigenvalue weighted by Gasteiger charge is -2.24. The van der Waals surface area contributed by atoms with Crippen LogP contribution in [0.25, 0.3) is 33.5 Å². The third kappa shape index (κ3) is 3.77. The first-order valence-corrected chi connectivity index (χ1v) is 10.2. The smallest absolute Gasteiger partial charge is 0.435 e. The number of morpholine rings is 1. The number of alkyl halides is 3. The maximum atomic E-state index is 13.9. The molecule has 0 saturated carbocycles. The molecular weight excluding hydrogens is 433 g/mol. The van der Waals surface area contributed by atoms with E-state index < -0.39 is 11.9 Å². The molecule has 5 rings (SSSR count). The van der Waals surface area contributed by atoms with Crippen LogP contribution in [0, 0.1) is 0 Å². The second-order valence-electron chi connectivity index (χ2n) is 7.37. The summed E-state index contributed by atoms with van der Waals surface area (Å²) in [5, 5.41) is 4.12. The maximum absolute atomic E-state index is 13.9. The number of nitrogens with one attached hydrogen (secondary N) is 1. The van der Waals surface area contributed by atoms with Gasteiger partial charge >= 0.3 is 6.18 Å². The van der Waals surface area contributed by atoms with Crippen molar-refractivity contribution in [1.82, 2.24) is 19.9 Å². The summed E-state index contributed by atoms with van der Waals surface area (Å²) < 4.78 is 54.8. The number of furan rings is 1. The quantitative estimate of drug-likeness (QED) is 0.479. The number of pyridine rings is 1. The molecule has 0 amide bonds. The summed E-state index contributed by atoms with van der Waals surface area (Å²) in [6.07, 6.45) is -2.65. The molecule has 1 unspecified atom stereocenters. The number of aryl methyl sites for hydroxylation is 1. The van der Waals surface area contributed by atoms with Crippen molar-refractivity contribution in [3.8, 4) is 11.6 Å². The number of nitrogens with zero attached hydrogens (tertiary/aromatic N) is 3. The first-order chi connectivity index (χ1) is 14.9. The Morgan fingerprint density at radius 2 is 2.10 bits per heavy atom. The summed E-state index contributed by atoms with van der Waals surface area (Å²) in [5.41, 5.74) is -0.741. The van der Waals surface area contributed by atoms with Gasteiger partial charge in [0, 0.05) is 30.0 Å². The Kier molecular flexibility index (Phi) is 5.11. The largest absolute Gasteiger partial charge is 0.461 e. The highest BCUT2D eigenvalue weighted by Crippen LogP contribution is 2.39. The molecule has 0 bridgehead atoms. The van der Waals surface area contributed by atoms with E-state index in [1.165, 1.54) is 12.3 Å². The minimum atomic E-state index is -4.68. The number of hydrogen-bond acceptors (Lipinski definition) is 5. The summed E-state index contributed by atoms with van der Waals surface area (Å²) in [5.74, 6) is 0.702. The normalized spacial score (nSPS) is 17.6. The minimum absolute atomic E-state index is 0.0414. The zero-order chi connectivity index (χ0) is 21.6. The lowest BCUT2D eigenvalue weighted by atomic mass is 10.1. The van der Waals surface area contributed by atoms with Gasteiger partial charge in [0.15, 0.2) is 17.3 Å². The fraction of sp³-hybridized carbons (Fsp3) is 0.333. The zero-order valence-electron chi connectivity index (χ0n) is 16.2. The molecule has 1 N–H and O–H groups in total. The number of hydrogen-bond donors (Lipinski definition) is 1. The van der Waals surface area contributed by atoms with E-state index in [0.717, 1.165) is 6.54 Å². The van der Waals surface area contributed by atoms with Gasteiger partial charge in [-0.3, -0.25) is 0 Å². The Hall–Kier alpha value is -2.62. The van der Waals surface area contributed by atoms with E-state index in [1.54, 1.807) is 28.8 Å². The van der Waals surface area contributed by atoms with Gasteiger partial charge < -0.3 is 19.0 Å².